The molecule has 0 unspecified atom stereocenters. The molecule has 1 heterocycles. The van der Waals surface area contributed by atoms with E-state index < -0.39 is 5.82 Å². The molecule has 0 bridgehead atoms. The summed E-state index contributed by atoms with van der Waals surface area (Å²) >= 11 is 0. The number of nitrogens with zero attached hydrogens (tertiary/aromatic N) is 2. The topological polar surface area (TPSA) is 70.1 Å². The largest absolute Gasteiger partial charge is 0.508 e. The van der Waals surface area contributed by atoms with Crippen molar-refractivity contribution in [1.29, 1.82) is 0 Å². The Hall–Kier alpha value is -3.15. The SMILES string of the molecule is CC(C)(C)c1cccc(Nc2ncc(F)c(Nc3cccc(O)c3)n2)c1. The quantitative estimate of drug-likeness (QED) is 0.609. The lowest BCUT2D eigenvalue weighted by Gasteiger charge is -2.20. The number of hydrogen-bond acceptors (Lipinski definition) is 5. The van der Waals surface area contributed by atoms with Gasteiger partial charge < -0.3 is 15.7 Å². The van der Waals surface area contributed by atoms with Crippen LogP contribution in [0.1, 0.15) is 26.3 Å². The van der Waals surface area contributed by atoms with Crippen LogP contribution in [0.3, 0.4) is 0 Å². The molecule has 2 aromatic carbocycles. The van der Waals surface area contributed by atoms with Gasteiger partial charge in [-0.1, -0.05) is 39.0 Å². The highest BCUT2D eigenvalue weighted by atomic mass is 19.1. The Labute approximate surface area is 152 Å². The summed E-state index contributed by atoms with van der Waals surface area (Å²) in [5.41, 5.74) is 2.54. The minimum absolute atomic E-state index is 0.0172. The van der Waals surface area contributed by atoms with E-state index in [-0.39, 0.29) is 22.9 Å². The van der Waals surface area contributed by atoms with Crippen molar-refractivity contribution in [3.8, 4) is 5.75 Å². The third kappa shape index (κ3) is 4.27. The molecule has 0 spiro atoms. The number of rotatable bonds is 4. The fourth-order valence-corrected chi connectivity index (χ4v) is 2.43. The lowest BCUT2D eigenvalue weighted by molar-refractivity contribution is 0.475. The summed E-state index contributed by atoms with van der Waals surface area (Å²) < 4.78 is 14.0. The molecule has 0 radical (unpaired) electrons. The summed E-state index contributed by atoms with van der Waals surface area (Å²) in [5.74, 6) is -0.190. The summed E-state index contributed by atoms with van der Waals surface area (Å²) in [5, 5.41) is 15.5. The molecule has 134 valence electrons. The third-order valence-corrected chi connectivity index (χ3v) is 3.84. The van der Waals surface area contributed by atoms with E-state index in [1.165, 1.54) is 17.7 Å². The molecule has 0 amide bonds. The van der Waals surface area contributed by atoms with Crippen LogP contribution in [0.4, 0.5) is 27.5 Å². The van der Waals surface area contributed by atoms with Gasteiger partial charge in [-0.3, -0.25) is 0 Å². The number of nitrogens with one attached hydrogen (secondary N) is 2. The standard InChI is InChI=1S/C20H21FN4O/c1-20(2,3)13-6-4-7-14(10-13)24-19-22-12-17(21)18(25-19)23-15-8-5-9-16(26)11-15/h4-12,26H,1-3H3,(H2,22,23,24,25). The minimum Gasteiger partial charge on any atom is -0.508 e. The number of phenols is 1. The van der Waals surface area contributed by atoms with Crippen LogP contribution in [0.2, 0.25) is 0 Å². The first-order valence-electron chi connectivity index (χ1n) is 8.27. The molecule has 3 rings (SSSR count). The normalized spacial score (nSPS) is 11.2. The Bertz CT molecular complexity index is 922. The summed E-state index contributed by atoms with van der Waals surface area (Å²) in [4.78, 5) is 8.19. The van der Waals surface area contributed by atoms with Crippen LogP contribution < -0.4 is 10.6 Å². The van der Waals surface area contributed by atoms with Crippen LogP contribution in [0.5, 0.6) is 5.75 Å². The Morgan fingerprint density at radius 3 is 2.35 bits per heavy atom. The van der Waals surface area contributed by atoms with Crippen LogP contribution in [0.25, 0.3) is 0 Å². The molecule has 0 atom stereocenters. The highest BCUT2D eigenvalue weighted by Crippen LogP contribution is 2.26. The van der Waals surface area contributed by atoms with Gasteiger partial charge in [0, 0.05) is 17.4 Å². The number of aromatic nitrogens is 2. The van der Waals surface area contributed by atoms with Crippen molar-refractivity contribution in [3.63, 3.8) is 0 Å². The van der Waals surface area contributed by atoms with Crippen LogP contribution in [-0.4, -0.2) is 15.1 Å². The van der Waals surface area contributed by atoms with Crippen molar-refractivity contribution in [2.24, 2.45) is 0 Å². The van der Waals surface area contributed by atoms with E-state index in [9.17, 15) is 9.50 Å². The highest BCUT2D eigenvalue weighted by Gasteiger charge is 2.14. The zero-order valence-electron chi connectivity index (χ0n) is 14.9. The Kier molecular flexibility index (Phi) is 4.75. The monoisotopic (exact) mass is 352 g/mol. The second-order valence-corrected chi connectivity index (χ2v) is 7.02. The Morgan fingerprint density at radius 1 is 0.962 bits per heavy atom. The molecule has 3 N–H and O–H groups in total. The Balaban J connectivity index is 1.84. The average molecular weight is 352 g/mol. The number of aromatic hydroxyl groups is 1. The van der Waals surface area contributed by atoms with E-state index >= 15 is 0 Å². The van der Waals surface area contributed by atoms with Gasteiger partial charge >= 0.3 is 0 Å². The fourth-order valence-electron chi connectivity index (χ4n) is 2.43. The van der Waals surface area contributed by atoms with Gasteiger partial charge in [0.25, 0.3) is 0 Å². The predicted octanol–water partition coefficient (Wildman–Crippen LogP) is 5.11. The summed E-state index contributed by atoms with van der Waals surface area (Å²) in [7, 11) is 0. The molecule has 1 aromatic heterocycles. The van der Waals surface area contributed by atoms with Gasteiger partial charge in [0.1, 0.15) is 5.75 Å². The second-order valence-electron chi connectivity index (χ2n) is 7.02. The molecule has 0 saturated carbocycles. The van der Waals surface area contributed by atoms with Gasteiger partial charge in [-0.25, -0.2) is 9.37 Å². The van der Waals surface area contributed by atoms with E-state index in [1.807, 2.05) is 18.2 Å². The van der Waals surface area contributed by atoms with Crippen molar-refractivity contribution in [3.05, 3.63) is 66.1 Å². The highest BCUT2D eigenvalue weighted by molar-refractivity contribution is 5.61. The number of hydrogen-bond donors (Lipinski definition) is 3. The summed E-state index contributed by atoms with van der Waals surface area (Å²) in [6, 6.07) is 14.3. The average Bonchev–Trinajstić information content (AvgIpc) is 2.57. The number of benzene rings is 2. The maximum atomic E-state index is 14.0. The van der Waals surface area contributed by atoms with E-state index in [2.05, 4.69) is 47.4 Å². The van der Waals surface area contributed by atoms with E-state index in [1.54, 1.807) is 12.1 Å². The number of halogens is 1. The smallest absolute Gasteiger partial charge is 0.229 e. The molecule has 0 saturated heterocycles. The molecule has 6 heteroatoms. The first kappa shape index (κ1) is 17.7. The number of anilines is 4. The van der Waals surface area contributed by atoms with Crippen molar-refractivity contribution in [1.82, 2.24) is 9.97 Å². The zero-order chi connectivity index (χ0) is 18.7. The second kappa shape index (κ2) is 7.00. The molecular weight excluding hydrogens is 331 g/mol. The molecule has 0 aliphatic carbocycles. The van der Waals surface area contributed by atoms with Crippen LogP contribution in [0.15, 0.2) is 54.7 Å². The van der Waals surface area contributed by atoms with Gasteiger partial charge in [0.05, 0.1) is 6.20 Å². The number of phenolic OH excluding ortho intramolecular Hbond substituents is 1. The maximum absolute atomic E-state index is 14.0. The molecule has 0 fully saturated rings. The molecular formula is C20H21FN4O. The van der Waals surface area contributed by atoms with Crippen molar-refractivity contribution in [2.75, 3.05) is 10.6 Å². The minimum atomic E-state index is -0.581. The van der Waals surface area contributed by atoms with Gasteiger partial charge in [-0.15, -0.1) is 0 Å². The summed E-state index contributed by atoms with van der Waals surface area (Å²) in [6.45, 7) is 6.41. The van der Waals surface area contributed by atoms with Gasteiger partial charge in [-0.2, -0.15) is 4.98 Å². The van der Waals surface area contributed by atoms with Crippen molar-refractivity contribution in [2.45, 2.75) is 26.2 Å². The first-order chi connectivity index (χ1) is 12.3. The van der Waals surface area contributed by atoms with Crippen molar-refractivity contribution < 1.29 is 9.50 Å². The van der Waals surface area contributed by atoms with Crippen LogP contribution >= 0.6 is 0 Å². The molecule has 0 aliphatic rings. The van der Waals surface area contributed by atoms with Gasteiger partial charge in [-0.05, 0) is 35.2 Å². The molecule has 5 nitrogen and oxygen atoms in total. The zero-order valence-corrected chi connectivity index (χ0v) is 14.9. The van der Waals surface area contributed by atoms with Gasteiger partial charge in [0.15, 0.2) is 11.6 Å². The van der Waals surface area contributed by atoms with E-state index in [0.29, 0.717) is 5.69 Å². The molecule has 0 aliphatic heterocycles. The summed E-state index contributed by atoms with van der Waals surface area (Å²) in [6.07, 6.45) is 1.11. The Morgan fingerprint density at radius 2 is 1.65 bits per heavy atom. The lowest BCUT2D eigenvalue weighted by atomic mass is 9.87. The lowest BCUT2D eigenvalue weighted by Crippen LogP contribution is -2.11. The van der Waals surface area contributed by atoms with Crippen LogP contribution in [-0.2, 0) is 5.41 Å². The van der Waals surface area contributed by atoms with Crippen molar-refractivity contribution >= 4 is 23.1 Å². The molecule has 26 heavy (non-hydrogen) atoms. The van der Waals surface area contributed by atoms with Gasteiger partial charge in [0.2, 0.25) is 5.95 Å². The first-order valence-corrected chi connectivity index (χ1v) is 8.27. The van der Waals surface area contributed by atoms with E-state index in [4.69, 9.17) is 0 Å². The maximum Gasteiger partial charge on any atom is 0.229 e. The molecule has 3 aromatic rings. The van der Waals surface area contributed by atoms with E-state index in [0.717, 1.165) is 11.9 Å². The predicted molar refractivity (Wildman–Crippen MR) is 102 cm³/mol. The third-order valence-electron chi connectivity index (χ3n) is 3.84. The van der Waals surface area contributed by atoms with Crippen LogP contribution in [0, 0.1) is 5.82 Å². The fraction of sp³-hybridized carbons (Fsp3) is 0.200.